The summed E-state index contributed by atoms with van der Waals surface area (Å²) >= 11 is 0. The van der Waals surface area contributed by atoms with E-state index in [1.54, 1.807) is 19.1 Å². The average molecular weight is 612 g/mol. The van der Waals surface area contributed by atoms with Crippen LogP contribution in [0.25, 0.3) is 16.9 Å². The summed E-state index contributed by atoms with van der Waals surface area (Å²) in [6, 6.07) is 5.42. The van der Waals surface area contributed by atoms with Crippen LogP contribution in [0.15, 0.2) is 53.6 Å². The van der Waals surface area contributed by atoms with Crippen LogP contribution in [0.3, 0.4) is 0 Å². The first-order chi connectivity index (χ1) is 20.9. The Labute approximate surface area is 252 Å². The van der Waals surface area contributed by atoms with E-state index < -0.39 is 18.6 Å². The molecule has 1 fully saturated rings. The molecule has 0 atom stereocenters. The molecule has 44 heavy (non-hydrogen) atoms. The van der Waals surface area contributed by atoms with Crippen molar-refractivity contribution in [2.75, 3.05) is 39.8 Å². The summed E-state index contributed by atoms with van der Waals surface area (Å²) in [7, 11) is 1.46. The lowest BCUT2D eigenvalue weighted by molar-refractivity contribution is -0.148. The van der Waals surface area contributed by atoms with Gasteiger partial charge in [-0.1, -0.05) is 6.58 Å². The molecule has 1 saturated heterocycles. The Morgan fingerprint density at radius 3 is 2.45 bits per heavy atom. The van der Waals surface area contributed by atoms with E-state index in [1.807, 2.05) is 47.6 Å². The molecule has 2 aliphatic heterocycles. The van der Waals surface area contributed by atoms with E-state index >= 15 is 0 Å². The van der Waals surface area contributed by atoms with Crippen molar-refractivity contribution in [3.8, 4) is 5.75 Å². The molecule has 0 unspecified atom stereocenters. The van der Waals surface area contributed by atoms with E-state index in [4.69, 9.17) is 4.74 Å². The zero-order chi connectivity index (χ0) is 31.8. The summed E-state index contributed by atoms with van der Waals surface area (Å²) in [5.74, 6) is -0.0276. The van der Waals surface area contributed by atoms with Gasteiger partial charge < -0.3 is 35.2 Å². The number of rotatable bonds is 8. The summed E-state index contributed by atoms with van der Waals surface area (Å²) in [6.07, 6.45) is 1.50. The molecule has 5 heterocycles. The summed E-state index contributed by atoms with van der Waals surface area (Å²) in [4.78, 5) is 32.5. The average Bonchev–Trinajstić information content (AvgIpc) is 3.39. The minimum atomic E-state index is -4.26. The lowest BCUT2D eigenvalue weighted by Crippen LogP contribution is -2.48. The fourth-order valence-electron chi connectivity index (χ4n) is 5.65. The van der Waals surface area contributed by atoms with Crippen molar-refractivity contribution in [1.29, 1.82) is 0 Å². The van der Waals surface area contributed by atoms with Crippen molar-refractivity contribution in [2.24, 2.45) is 0 Å². The molecule has 0 aliphatic carbocycles. The number of hydrogen-bond acceptors (Lipinski definition) is 7. The highest BCUT2D eigenvalue weighted by Gasteiger charge is 2.33. The maximum absolute atomic E-state index is 13.8. The normalized spacial score (nSPS) is 15.8. The standard InChI is InChI=1S/C31H36F3N7O3/c1-18-6-7-25(38-37-18)22-8-9-41-26(22)15-23(29(42)35-16-24-27(44-5)14-19(2)36-30(24)43)20(3)28(41)21(4)40-12-10-39(11-13-40)17-31(32,33)34/h6-9,14-15,37-38H,4,10-13,16-17H2,1-3,5H3,(H,35,42)(H,36,43). The topological polar surface area (TPSA) is 106 Å². The number of aromatic nitrogens is 2. The van der Waals surface area contributed by atoms with Gasteiger partial charge in [-0.15, -0.1) is 0 Å². The zero-order valence-corrected chi connectivity index (χ0v) is 25.1. The minimum Gasteiger partial charge on any atom is -0.496 e. The number of methoxy groups -OCH3 is 1. The van der Waals surface area contributed by atoms with Crippen LogP contribution in [0.4, 0.5) is 13.2 Å². The molecule has 234 valence electrons. The first kappa shape index (κ1) is 30.8. The molecule has 0 radical (unpaired) electrons. The fourth-order valence-corrected chi connectivity index (χ4v) is 5.65. The van der Waals surface area contributed by atoms with Crippen LogP contribution in [0.1, 0.15) is 45.4 Å². The highest BCUT2D eigenvalue weighted by Crippen LogP contribution is 2.32. The summed E-state index contributed by atoms with van der Waals surface area (Å²) in [5, 5.41) is 2.87. The third kappa shape index (κ3) is 6.32. The number of nitrogens with zero attached hydrogens (tertiary/aromatic N) is 3. The number of ether oxygens (including phenoxy) is 1. The summed E-state index contributed by atoms with van der Waals surface area (Å²) < 4.78 is 46.3. The first-order valence-corrected chi connectivity index (χ1v) is 14.2. The molecule has 1 amide bonds. The van der Waals surface area contributed by atoms with Crippen LogP contribution < -0.4 is 26.5 Å². The number of hydrogen-bond donors (Lipinski definition) is 4. The van der Waals surface area contributed by atoms with Crippen LogP contribution >= 0.6 is 0 Å². The monoisotopic (exact) mass is 611 g/mol. The molecule has 5 rings (SSSR count). The number of carbonyl (C=O) groups excluding carboxylic acids is 1. The van der Waals surface area contributed by atoms with E-state index in [0.29, 0.717) is 52.6 Å². The summed E-state index contributed by atoms with van der Waals surface area (Å²) in [5.41, 5.74) is 12.4. The van der Waals surface area contributed by atoms with E-state index in [0.717, 1.165) is 22.5 Å². The Kier molecular flexibility index (Phi) is 8.51. The second-order valence-corrected chi connectivity index (χ2v) is 11.0. The largest absolute Gasteiger partial charge is 0.496 e. The number of nitrogens with one attached hydrogen (secondary N) is 4. The number of pyridine rings is 2. The highest BCUT2D eigenvalue weighted by atomic mass is 19.4. The van der Waals surface area contributed by atoms with Gasteiger partial charge in [-0.25, -0.2) is 0 Å². The zero-order valence-electron chi connectivity index (χ0n) is 25.1. The molecular formula is C31H36F3N7O3. The number of H-pyrrole nitrogens is 1. The number of piperazine rings is 1. The van der Waals surface area contributed by atoms with Crippen LogP contribution in [-0.4, -0.2) is 71.1 Å². The van der Waals surface area contributed by atoms with Gasteiger partial charge in [-0.05, 0) is 56.7 Å². The Morgan fingerprint density at radius 1 is 1.09 bits per heavy atom. The maximum Gasteiger partial charge on any atom is 0.401 e. The predicted molar refractivity (Wildman–Crippen MR) is 163 cm³/mol. The van der Waals surface area contributed by atoms with E-state index in [2.05, 4.69) is 27.7 Å². The van der Waals surface area contributed by atoms with Gasteiger partial charge in [-0.2, -0.15) is 13.2 Å². The highest BCUT2D eigenvalue weighted by molar-refractivity contribution is 5.99. The van der Waals surface area contributed by atoms with Gasteiger partial charge in [0.05, 0.1) is 48.4 Å². The fraction of sp³-hybridized carbons (Fsp3) is 0.355. The Balaban J connectivity index is 1.52. The number of hydrazine groups is 1. The van der Waals surface area contributed by atoms with Crippen LogP contribution in [0, 0.1) is 13.8 Å². The molecule has 10 nitrogen and oxygen atoms in total. The number of halogens is 3. The van der Waals surface area contributed by atoms with Crippen LogP contribution in [0.2, 0.25) is 0 Å². The number of aromatic amines is 1. The SMILES string of the molecule is C=C(c1c(C)c(C(=O)NCc2c(OC)cc(C)[nH]c2=O)cc2c(C3=CC=C(C)NN3)ccn12)N1CCN(CC(F)(F)F)CC1. The lowest BCUT2D eigenvalue weighted by atomic mass is 10.0. The molecule has 3 aromatic heterocycles. The van der Waals surface area contributed by atoms with Gasteiger partial charge in [0.15, 0.2) is 0 Å². The van der Waals surface area contributed by atoms with Gasteiger partial charge in [0.2, 0.25) is 0 Å². The number of allylic oxidation sites excluding steroid dienone is 3. The van der Waals surface area contributed by atoms with Crippen LogP contribution in [0.5, 0.6) is 5.75 Å². The Morgan fingerprint density at radius 2 is 1.82 bits per heavy atom. The van der Waals surface area contributed by atoms with Crippen molar-refractivity contribution in [1.82, 2.24) is 35.4 Å². The van der Waals surface area contributed by atoms with Gasteiger partial charge >= 0.3 is 6.18 Å². The second kappa shape index (κ2) is 12.2. The third-order valence-electron chi connectivity index (χ3n) is 7.94. The Bertz CT molecular complexity index is 1730. The summed E-state index contributed by atoms with van der Waals surface area (Å²) in [6.45, 7) is 10.0. The maximum atomic E-state index is 13.8. The van der Waals surface area contributed by atoms with Gasteiger partial charge in [0.1, 0.15) is 5.75 Å². The van der Waals surface area contributed by atoms with E-state index in [1.165, 1.54) is 12.0 Å². The van der Waals surface area contributed by atoms with Crippen molar-refractivity contribution in [3.63, 3.8) is 0 Å². The van der Waals surface area contributed by atoms with Crippen molar-refractivity contribution in [3.05, 3.63) is 92.8 Å². The first-order valence-electron chi connectivity index (χ1n) is 14.2. The molecule has 0 aromatic carbocycles. The molecule has 0 saturated carbocycles. The van der Waals surface area contributed by atoms with Crippen LogP contribution in [-0.2, 0) is 6.54 Å². The number of fused-ring (bicyclic) bond motifs is 1. The number of alkyl halides is 3. The molecule has 3 aromatic rings. The molecule has 13 heteroatoms. The molecule has 0 bridgehead atoms. The van der Waals surface area contributed by atoms with Gasteiger partial charge in [0.25, 0.3) is 11.5 Å². The second-order valence-electron chi connectivity index (χ2n) is 11.0. The molecule has 4 N–H and O–H groups in total. The van der Waals surface area contributed by atoms with Crippen molar-refractivity contribution < 1.29 is 22.7 Å². The van der Waals surface area contributed by atoms with E-state index in [9.17, 15) is 22.8 Å². The predicted octanol–water partition coefficient (Wildman–Crippen LogP) is 3.69. The van der Waals surface area contributed by atoms with Crippen molar-refractivity contribution in [2.45, 2.75) is 33.5 Å². The number of aryl methyl sites for hydroxylation is 1. The van der Waals surface area contributed by atoms with E-state index in [-0.39, 0.29) is 25.2 Å². The number of amides is 1. The minimum absolute atomic E-state index is 0.0613. The van der Waals surface area contributed by atoms with Gasteiger partial charge in [0, 0.05) is 54.9 Å². The third-order valence-corrected chi connectivity index (χ3v) is 7.94. The lowest BCUT2D eigenvalue weighted by Gasteiger charge is -2.37. The Hall–Kier alpha value is -4.65. The molecule has 2 aliphatic rings. The number of carbonyl (C=O) groups is 1. The van der Waals surface area contributed by atoms with Gasteiger partial charge in [-0.3, -0.25) is 14.5 Å². The van der Waals surface area contributed by atoms with Crippen molar-refractivity contribution >= 4 is 22.8 Å². The molecule has 0 spiro atoms. The molecular weight excluding hydrogens is 575 g/mol. The quantitative estimate of drug-likeness (QED) is 0.308. The smallest absolute Gasteiger partial charge is 0.401 e.